The van der Waals surface area contributed by atoms with Gasteiger partial charge in [0.15, 0.2) is 0 Å². The van der Waals surface area contributed by atoms with Gasteiger partial charge < -0.3 is 18.9 Å². The van der Waals surface area contributed by atoms with Crippen LogP contribution in [0.15, 0.2) is 97.2 Å². The summed E-state index contributed by atoms with van der Waals surface area (Å²) in [5, 5.41) is 2.22. The maximum atomic E-state index is 6.67. The van der Waals surface area contributed by atoms with Crippen molar-refractivity contribution in [3.05, 3.63) is 144 Å². The van der Waals surface area contributed by atoms with Gasteiger partial charge in [-0.2, -0.15) is 6.07 Å². The van der Waals surface area contributed by atoms with E-state index in [1.54, 1.807) is 0 Å². The van der Waals surface area contributed by atoms with Gasteiger partial charge in [-0.3, -0.25) is 4.57 Å². The molecule has 4 aromatic heterocycles. The van der Waals surface area contributed by atoms with Crippen LogP contribution in [0.5, 0.6) is 11.5 Å². The Kier molecular flexibility index (Phi) is 9.90. The molecule has 56 heavy (non-hydrogen) atoms. The molecule has 0 bridgehead atoms. The van der Waals surface area contributed by atoms with Crippen molar-refractivity contribution >= 4 is 32.8 Å². The van der Waals surface area contributed by atoms with E-state index in [9.17, 15) is 0 Å². The van der Waals surface area contributed by atoms with E-state index >= 15 is 0 Å². The molecule has 0 unspecified atom stereocenters. The average Bonchev–Trinajstić information content (AvgIpc) is 3.67. The monoisotopic (exact) mass is 918 g/mol. The minimum atomic E-state index is -0.0223. The molecule has 6 nitrogen and oxygen atoms in total. The first-order valence-corrected chi connectivity index (χ1v) is 19.1. The normalized spacial score (nSPS) is 12.4. The summed E-state index contributed by atoms with van der Waals surface area (Å²) >= 11 is 0. The first-order chi connectivity index (χ1) is 26.0. The van der Waals surface area contributed by atoms with Gasteiger partial charge in [-0.1, -0.05) is 136 Å². The molecule has 0 N–H and O–H groups in total. The molecule has 0 radical (unpaired) electrons. The Balaban J connectivity index is 0.00000480. The second-order valence-corrected chi connectivity index (χ2v) is 17.8. The van der Waals surface area contributed by atoms with Gasteiger partial charge in [0, 0.05) is 44.3 Å². The quantitative estimate of drug-likeness (QED) is 0.128. The zero-order chi connectivity index (χ0) is 39.0. The fraction of sp³-hybridized carbons (Fsp3) is 0.286. The summed E-state index contributed by atoms with van der Waals surface area (Å²) in [5.74, 6) is 1.96. The Morgan fingerprint density at radius 1 is 0.643 bits per heavy atom. The molecule has 0 aliphatic carbocycles. The number of pyridine rings is 2. The molecule has 8 aromatic rings. The molecule has 0 spiro atoms. The number of fused-ring (bicyclic) bond motifs is 4. The Bertz CT molecular complexity index is 2740. The fourth-order valence-corrected chi connectivity index (χ4v) is 7.27. The van der Waals surface area contributed by atoms with Gasteiger partial charge in [-0.15, -0.1) is 23.6 Å². The van der Waals surface area contributed by atoms with Crippen molar-refractivity contribution < 1.29 is 30.4 Å². The summed E-state index contributed by atoms with van der Waals surface area (Å²) in [5.41, 5.74) is 11.1. The summed E-state index contributed by atoms with van der Waals surface area (Å²) in [7, 11) is 0. The maximum Gasteiger partial charge on any atom is 0.268 e. The van der Waals surface area contributed by atoms with Crippen LogP contribution < -0.4 is 9.30 Å². The van der Waals surface area contributed by atoms with E-state index in [0.29, 0.717) is 11.5 Å². The number of para-hydroxylation sites is 3. The third kappa shape index (κ3) is 7.09. The first kappa shape index (κ1) is 39.2. The molecule has 4 heterocycles. The largest absolute Gasteiger partial charge is 0.508 e. The first-order valence-electron chi connectivity index (χ1n) is 19.1. The summed E-state index contributed by atoms with van der Waals surface area (Å²) in [4.78, 5) is 9.83. The van der Waals surface area contributed by atoms with Crippen LogP contribution >= 0.6 is 0 Å². The van der Waals surface area contributed by atoms with E-state index in [0.717, 1.165) is 61.4 Å². The second-order valence-electron chi connectivity index (χ2n) is 17.8. The fourth-order valence-electron chi connectivity index (χ4n) is 7.27. The van der Waals surface area contributed by atoms with Crippen LogP contribution in [0.4, 0.5) is 0 Å². The van der Waals surface area contributed by atoms with Crippen LogP contribution in [0.1, 0.15) is 90.4 Å². The molecule has 0 saturated carbocycles. The molecule has 8 rings (SSSR count). The van der Waals surface area contributed by atoms with Crippen molar-refractivity contribution in [1.29, 1.82) is 0 Å². The molecule has 0 aliphatic rings. The SMILES string of the molecule is Cc1nc(C)c(-n2[c-][n+](-c3cc(C(C)(C)C)cc(C(C)(C)C)c3)c3ccccc32)[c-]c1Oc1[c-]c2c(cc1)c1ccccc1n2-c1cc(C(C)(C)C)ccn1.[Pt]. The van der Waals surface area contributed by atoms with E-state index in [1.165, 1.54) is 16.7 Å². The van der Waals surface area contributed by atoms with Gasteiger partial charge in [0.1, 0.15) is 5.82 Å². The van der Waals surface area contributed by atoms with E-state index < -0.39 is 0 Å². The van der Waals surface area contributed by atoms with Crippen molar-refractivity contribution in [3.63, 3.8) is 0 Å². The van der Waals surface area contributed by atoms with Gasteiger partial charge in [0.05, 0.1) is 16.7 Å². The topological polar surface area (TPSA) is 48.8 Å². The number of hydrogen-bond donors (Lipinski definition) is 0. The number of rotatable bonds is 5. The van der Waals surface area contributed by atoms with E-state index in [1.807, 2.05) is 26.1 Å². The van der Waals surface area contributed by atoms with Crippen molar-refractivity contribution in [2.45, 2.75) is 92.4 Å². The zero-order valence-corrected chi connectivity index (χ0v) is 36.5. The third-order valence-electron chi connectivity index (χ3n) is 10.5. The Morgan fingerprint density at radius 2 is 1.29 bits per heavy atom. The molecular weight excluding hydrogens is 870 g/mol. The van der Waals surface area contributed by atoms with Gasteiger partial charge in [0.2, 0.25) is 0 Å². The van der Waals surface area contributed by atoms with Gasteiger partial charge in [0.25, 0.3) is 6.33 Å². The second kappa shape index (κ2) is 14.1. The minimum absolute atomic E-state index is 0. The van der Waals surface area contributed by atoms with Gasteiger partial charge >= 0.3 is 0 Å². The van der Waals surface area contributed by atoms with Gasteiger partial charge in [-0.25, -0.2) is 4.98 Å². The molecular formula is C49H49N5OPt-2. The predicted octanol–water partition coefficient (Wildman–Crippen LogP) is 11.5. The molecule has 0 saturated heterocycles. The maximum absolute atomic E-state index is 6.67. The zero-order valence-electron chi connectivity index (χ0n) is 34.2. The van der Waals surface area contributed by atoms with E-state index in [-0.39, 0.29) is 37.3 Å². The number of aryl methyl sites for hydroxylation is 2. The number of imidazole rings is 1. The standard InChI is InChI=1S/C49H49N5O.Pt/c1-31-43(53-30-52(41-18-14-15-19-42(41)53)36-25-34(48(6,7)8)24-35(26-36)49(9,10)11)29-45(32(2)51-31)55-37-20-21-39-38-16-12-13-17-40(38)54(44(39)28-37)46-27-33(22-23-50-46)47(3,4)5;/h12-27H,1-11H3;/q-2;. The number of benzene rings is 4. The van der Waals surface area contributed by atoms with Gasteiger partial charge in [-0.05, 0) is 80.0 Å². The summed E-state index contributed by atoms with van der Waals surface area (Å²) in [6.45, 7) is 24.3. The number of ether oxygens (including phenoxy) is 1. The van der Waals surface area contributed by atoms with Crippen LogP contribution in [0, 0.1) is 32.3 Å². The van der Waals surface area contributed by atoms with Crippen molar-refractivity contribution in [3.8, 4) is 28.7 Å². The summed E-state index contributed by atoms with van der Waals surface area (Å²) in [6, 6.07) is 39.4. The van der Waals surface area contributed by atoms with Crippen molar-refractivity contribution in [2.75, 3.05) is 0 Å². The number of aromatic nitrogens is 5. The molecule has 0 atom stereocenters. The predicted molar refractivity (Wildman–Crippen MR) is 223 cm³/mol. The molecule has 7 heteroatoms. The molecule has 0 amide bonds. The Hall–Kier alpha value is -5.06. The van der Waals surface area contributed by atoms with E-state index in [4.69, 9.17) is 14.7 Å². The summed E-state index contributed by atoms with van der Waals surface area (Å²) in [6.07, 6.45) is 5.59. The van der Waals surface area contributed by atoms with Crippen molar-refractivity contribution in [1.82, 2.24) is 19.1 Å². The van der Waals surface area contributed by atoms with Crippen LogP contribution in [0.25, 0.3) is 50.0 Å². The number of nitrogens with zero attached hydrogens (tertiary/aromatic N) is 5. The van der Waals surface area contributed by atoms with Crippen LogP contribution in [0.2, 0.25) is 0 Å². The average molecular weight is 919 g/mol. The van der Waals surface area contributed by atoms with Crippen molar-refractivity contribution in [2.24, 2.45) is 0 Å². The molecule has 288 valence electrons. The van der Waals surface area contributed by atoms with Crippen LogP contribution in [-0.2, 0) is 37.3 Å². The minimum Gasteiger partial charge on any atom is -0.508 e. The summed E-state index contributed by atoms with van der Waals surface area (Å²) < 4.78 is 13.1. The Morgan fingerprint density at radius 3 is 1.96 bits per heavy atom. The Labute approximate surface area is 345 Å². The molecule has 4 aromatic carbocycles. The van der Waals surface area contributed by atoms with Crippen LogP contribution in [-0.4, -0.2) is 19.1 Å². The van der Waals surface area contributed by atoms with E-state index in [2.05, 4.69) is 179 Å². The third-order valence-corrected chi connectivity index (χ3v) is 10.5. The molecule has 0 aliphatic heterocycles. The van der Waals surface area contributed by atoms with Crippen LogP contribution in [0.3, 0.4) is 0 Å². The molecule has 0 fully saturated rings. The smallest absolute Gasteiger partial charge is 0.268 e. The number of hydrogen-bond acceptors (Lipinski definition) is 3.